The number of hydrogen-bond acceptors (Lipinski definition) is 3. The number of ether oxygens (including phenoxy) is 1. The molecule has 0 bridgehead atoms. The van der Waals surface area contributed by atoms with E-state index in [4.69, 9.17) is 4.74 Å². The maximum atomic E-state index is 5.72. The third kappa shape index (κ3) is 3.85. The van der Waals surface area contributed by atoms with E-state index >= 15 is 0 Å². The summed E-state index contributed by atoms with van der Waals surface area (Å²) in [6, 6.07) is 12.0. The van der Waals surface area contributed by atoms with Gasteiger partial charge >= 0.3 is 0 Å². The lowest BCUT2D eigenvalue weighted by molar-refractivity contribution is 0.0714. The Kier molecular flexibility index (Phi) is 4.94. The Morgan fingerprint density at radius 1 is 1.24 bits per heavy atom. The van der Waals surface area contributed by atoms with Crippen molar-refractivity contribution in [3.63, 3.8) is 0 Å². The average molecular weight is 288 g/mol. The monoisotopic (exact) mass is 288 g/mol. The molecular weight excluding hydrogens is 260 g/mol. The van der Waals surface area contributed by atoms with Crippen LogP contribution in [0.3, 0.4) is 0 Å². The van der Waals surface area contributed by atoms with Crippen molar-refractivity contribution >= 4 is 0 Å². The van der Waals surface area contributed by atoms with Gasteiger partial charge in [0.25, 0.3) is 0 Å². The van der Waals surface area contributed by atoms with Crippen LogP contribution in [-0.4, -0.2) is 49.3 Å². The molecule has 0 saturated carbocycles. The van der Waals surface area contributed by atoms with Gasteiger partial charge in [0.2, 0.25) is 0 Å². The van der Waals surface area contributed by atoms with Crippen LogP contribution in [0.1, 0.15) is 25.8 Å². The fraction of sp³-hybridized carbons (Fsp3) is 0.667. The van der Waals surface area contributed by atoms with Crippen LogP contribution in [0.2, 0.25) is 0 Å². The van der Waals surface area contributed by atoms with Crippen molar-refractivity contribution in [1.29, 1.82) is 0 Å². The van der Waals surface area contributed by atoms with Gasteiger partial charge in [-0.15, -0.1) is 0 Å². The molecule has 3 nitrogen and oxygen atoms in total. The van der Waals surface area contributed by atoms with Gasteiger partial charge in [0.05, 0.1) is 6.10 Å². The first-order valence-corrected chi connectivity index (χ1v) is 8.35. The summed E-state index contributed by atoms with van der Waals surface area (Å²) < 4.78 is 5.72. The highest BCUT2D eigenvalue weighted by Crippen LogP contribution is 2.23. The van der Waals surface area contributed by atoms with Crippen molar-refractivity contribution in [3.05, 3.63) is 35.9 Å². The second-order valence-corrected chi connectivity index (χ2v) is 6.72. The van der Waals surface area contributed by atoms with Crippen LogP contribution in [0.5, 0.6) is 0 Å². The molecule has 2 aliphatic rings. The van der Waals surface area contributed by atoms with Gasteiger partial charge in [0, 0.05) is 38.3 Å². The molecule has 3 heteroatoms. The number of nitrogens with one attached hydrogen (secondary N) is 1. The number of hydrogen-bond donors (Lipinski definition) is 1. The van der Waals surface area contributed by atoms with Gasteiger partial charge in [0.15, 0.2) is 0 Å². The van der Waals surface area contributed by atoms with E-state index < -0.39 is 0 Å². The van der Waals surface area contributed by atoms with Crippen LogP contribution in [0.25, 0.3) is 0 Å². The summed E-state index contributed by atoms with van der Waals surface area (Å²) in [5.41, 5.74) is 1.43. The Morgan fingerprint density at radius 3 is 2.76 bits per heavy atom. The molecule has 0 spiro atoms. The molecule has 1 N–H and O–H groups in total. The normalized spacial score (nSPS) is 34.2. The Labute approximate surface area is 128 Å². The Hall–Kier alpha value is -0.900. The SMILES string of the molecule is CC1OCCC1CN1CC(Cc2ccccc2)NCC1C. The van der Waals surface area contributed by atoms with Gasteiger partial charge in [-0.05, 0) is 38.2 Å². The van der Waals surface area contributed by atoms with E-state index in [1.165, 1.54) is 18.5 Å². The van der Waals surface area contributed by atoms with Gasteiger partial charge in [-0.2, -0.15) is 0 Å². The molecule has 2 aliphatic heterocycles. The molecule has 2 heterocycles. The van der Waals surface area contributed by atoms with Crippen molar-refractivity contribution in [2.45, 2.75) is 44.9 Å². The first-order valence-electron chi connectivity index (χ1n) is 8.35. The van der Waals surface area contributed by atoms with Crippen LogP contribution in [0, 0.1) is 5.92 Å². The molecule has 2 saturated heterocycles. The highest BCUT2D eigenvalue weighted by Gasteiger charge is 2.31. The number of nitrogens with zero attached hydrogens (tertiary/aromatic N) is 1. The molecule has 21 heavy (non-hydrogen) atoms. The smallest absolute Gasteiger partial charge is 0.0588 e. The van der Waals surface area contributed by atoms with E-state index in [-0.39, 0.29) is 0 Å². The van der Waals surface area contributed by atoms with Crippen LogP contribution in [0.4, 0.5) is 0 Å². The zero-order valence-corrected chi connectivity index (χ0v) is 13.3. The second-order valence-electron chi connectivity index (χ2n) is 6.72. The maximum Gasteiger partial charge on any atom is 0.0588 e. The Bertz CT molecular complexity index is 436. The third-order valence-electron chi connectivity index (χ3n) is 5.11. The number of benzene rings is 1. The molecule has 4 unspecified atom stereocenters. The van der Waals surface area contributed by atoms with E-state index in [0.29, 0.717) is 24.1 Å². The predicted molar refractivity (Wildman–Crippen MR) is 86.5 cm³/mol. The maximum absolute atomic E-state index is 5.72. The lowest BCUT2D eigenvalue weighted by Crippen LogP contribution is -2.57. The van der Waals surface area contributed by atoms with Gasteiger partial charge in [-0.3, -0.25) is 4.90 Å². The van der Waals surface area contributed by atoms with E-state index in [0.717, 1.165) is 26.1 Å². The summed E-state index contributed by atoms with van der Waals surface area (Å²) in [7, 11) is 0. The molecule has 1 aromatic carbocycles. The lowest BCUT2D eigenvalue weighted by atomic mass is 9.98. The minimum atomic E-state index is 0.430. The van der Waals surface area contributed by atoms with Crippen LogP contribution < -0.4 is 5.32 Å². The Balaban J connectivity index is 1.56. The average Bonchev–Trinajstić information content (AvgIpc) is 2.89. The molecule has 0 aromatic heterocycles. The summed E-state index contributed by atoms with van der Waals surface area (Å²) in [5.74, 6) is 0.711. The molecule has 0 amide bonds. The lowest BCUT2D eigenvalue weighted by Gasteiger charge is -2.40. The highest BCUT2D eigenvalue weighted by molar-refractivity contribution is 5.16. The van der Waals surface area contributed by atoms with Crippen molar-refractivity contribution in [1.82, 2.24) is 10.2 Å². The first kappa shape index (κ1) is 15.0. The second kappa shape index (κ2) is 6.91. The van der Waals surface area contributed by atoms with E-state index in [2.05, 4.69) is 54.4 Å². The van der Waals surface area contributed by atoms with Crippen molar-refractivity contribution in [3.8, 4) is 0 Å². The Morgan fingerprint density at radius 2 is 2.05 bits per heavy atom. The van der Waals surface area contributed by atoms with E-state index in [1.807, 2.05) is 0 Å². The van der Waals surface area contributed by atoms with Gasteiger partial charge < -0.3 is 10.1 Å². The fourth-order valence-corrected chi connectivity index (χ4v) is 3.60. The molecule has 0 radical (unpaired) electrons. The quantitative estimate of drug-likeness (QED) is 0.920. The van der Waals surface area contributed by atoms with Crippen LogP contribution >= 0.6 is 0 Å². The summed E-state index contributed by atoms with van der Waals surface area (Å²) >= 11 is 0. The highest BCUT2D eigenvalue weighted by atomic mass is 16.5. The molecular formula is C18H28N2O. The van der Waals surface area contributed by atoms with Gasteiger partial charge in [-0.25, -0.2) is 0 Å². The molecule has 2 fully saturated rings. The predicted octanol–water partition coefficient (Wildman–Crippen LogP) is 2.32. The summed E-state index contributed by atoms with van der Waals surface area (Å²) in [6.45, 7) is 8.95. The zero-order valence-electron chi connectivity index (χ0n) is 13.3. The minimum absolute atomic E-state index is 0.430. The van der Waals surface area contributed by atoms with E-state index in [1.54, 1.807) is 0 Å². The largest absolute Gasteiger partial charge is 0.378 e. The summed E-state index contributed by atoms with van der Waals surface area (Å²) in [6.07, 6.45) is 2.78. The molecule has 4 atom stereocenters. The van der Waals surface area contributed by atoms with Gasteiger partial charge in [-0.1, -0.05) is 30.3 Å². The number of piperazine rings is 1. The summed E-state index contributed by atoms with van der Waals surface area (Å²) in [4.78, 5) is 2.67. The van der Waals surface area contributed by atoms with Crippen LogP contribution in [0.15, 0.2) is 30.3 Å². The summed E-state index contributed by atoms with van der Waals surface area (Å²) in [5, 5.41) is 3.71. The zero-order chi connectivity index (χ0) is 14.7. The standard InChI is InChI=1S/C18H28N2O/c1-14-11-19-18(10-16-6-4-3-5-7-16)13-20(14)12-17-8-9-21-15(17)2/h3-7,14-15,17-19H,8-13H2,1-2H3. The van der Waals surface area contributed by atoms with E-state index in [9.17, 15) is 0 Å². The molecule has 1 aromatic rings. The minimum Gasteiger partial charge on any atom is -0.378 e. The van der Waals surface area contributed by atoms with Crippen molar-refractivity contribution in [2.24, 2.45) is 5.92 Å². The van der Waals surface area contributed by atoms with Gasteiger partial charge in [0.1, 0.15) is 0 Å². The van der Waals surface area contributed by atoms with Crippen molar-refractivity contribution < 1.29 is 4.74 Å². The fourth-order valence-electron chi connectivity index (χ4n) is 3.60. The third-order valence-corrected chi connectivity index (χ3v) is 5.11. The topological polar surface area (TPSA) is 24.5 Å². The van der Waals surface area contributed by atoms with Crippen molar-refractivity contribution in [2.75, 3.05) is 26.2 Å². The van der Waals surface area contributed by atoms with Crippen LogP contribution in [-0.2, 0) is 11.2 Å². The molecule has 116 valence electrons. The number of rotatable bonds is 4. The molecule has 0 aliphatic carbocycles. The molecule has 3 rings (SSSR count). The first-order chi connectivity index (χ1) is 10.2.